The molecule has 1 aromatic heterocycles. The third-order valence-corrected chi connectivity index (χ3v) is 6.38. The summed E-state index contributed by atoms with van der Waals surface area (Å²) in [5.74, 6) is 0.982. The molecule has 1 amide bonds. The van der Waals surface area contributed by atoms with Crippen LogP contribution in [0.3, 0.4) is 0 Å². The molecule has 6 nitrogen and oxygen atoms in total. The number of Topliss-reactive ketones (excluding diaryl/α,β-unsaturated/α-hetero) is 1. The summed E-state index contributed by atoms with van der Waals surface area (Å²) in [6.07, 6.45) is 1.99. The predicted octanol–water partition coefficient (Wildman–Crippen LogP) is 2.77. The van der Waals surface area contributed by atoms with Crippen LogP contribution in [-0.4, -0.2) is 58.8 Å². The highest BCUT2D eigenvalue weighted by Crippen LogP contribution is 2.27. The third-order valence-electron chi connectivity index (χ3n) is 5.26. The number of para-hydroxylation sites is 1. The average Bonchev–Trinajstić information content (AvgIpc) is 3.13. The number of nitrogens with zero attached hydrogens (tertiary/aromatic N) is 3. The number of carbonyl (C=O) groups excluding carboxylic acids is 2. The average molecular weight is 400 g/mol. The number of hydrogen-bond acceptors (Lipinski definition) is 6. The molecule has 28 heavy (non-hydrogen) atoms. The summed E-state index contributed by atoms with van der Waals surface area (Å²) in [5, 5.41) is 1.01. The standard InChI is InChI=1S/C21H25N3O3S/c1-15(27-16-6-3-2-4-7-16)21(26)24-12-10-23(11-13-24)14-19-22-17-8-5-9-18(25)20(17)28-19/h2-4,6-7,15H,5,8-14H2,1H3. The van der Waals surface area contributed by atoms with Crippen molar-refractivity contribution in [3.05, 3.63) is 45.9 Å². The van der Waals surface area contributed by atoms with Gasteiger partial charge in [0.1, 0.15) is 10.8 Å². The predicted molar refractivity (Wildman–Crippen MR) is 108 cm³/mol. The summed E-state index contributed by atoms with van der Waals surface area (Å²) in [5.41, 5.74) is 0.983. The minimum atomic E-state index is -0.495. The Morgan fingerprint density at radius 2 is 1.93 bits per heavy atom. The maximum Gasteiger partial charge on any atom is 0.263 e. The first-order valence-electron chi connectivity index (χ1n) is 9.85. The van der Waals surface area contributed by atoms with Crippen molar-refractivity contribution in [3.63, 3.8) is 0 Å². The molecule has 7 heteroatoms. The van der Waals surface area contributed by atoms with Crippen LogP contribution < -0.4 is 4.74 Å². The van der Waals surface area contributed by atoms with E-state index in [0.29, 0.717) is 25.3 Å². The number of thiazole rings is 1. The molecule has 4 rings (SSSR count). The summed E-state index contributed by atoms with van der Waals surface area (Å²) < 4.78 is 5.76. The number of aryl methyl sites for hydroxylation is 1. The zero-order chi connectivity index (χ0) is 19.5. The molecule has 1 atom stereocenters. The smallest absolute Gasteiger partial charge is 0.263 e. The number of rotatable bonds is 5. The van der Waals surface area contributed by atoms with E-state index < -0.39 is 6.10 Å². The van der Waals surface area contributed by atoms with Crippen molar-refractivity contribution in [2.45, 2.75) is 38.8 Å². The van der Waals surface area contributed by atoms with Crippen LogP contribution in [0, 0.1) is 0 Å². The summed E-state index contributed by atoms with van der Waals surface area (Å²) in [6, 6.07) is 9.44. The highest BCUT2D eigenvalue weighted by molar-refractivity contribution is 7.13. The van der Waals surface area contributed by atoms with E-state index in [1.54, 1.807) is 18.3 Å². The van der Waals surface area contributed by atoms with Crippen molar-refractivity contribution < 1.29 is 14.3 Å². The van der Waals surface area contributed by atoms with Crippen LogP contribution >= 0.6 is 11.3 Å². The molecular weight excluding hydrogens is 374 g/mol. The van der Waals surface area contributed by atoms with Crippen molar-refractivity contribution in [3.8, 4) is 5.75 Å². The van der Waals surface area contributed by atoms with Crippen LogP contribution in [0.25, 0.3) is 0 Å². The molecule has 0 spiro atoms. The van der Waals surface area contributed by atoms with E-state index in [1.807, 2.05) is 35.2 Å². The SMILES string of the molecule is CC(Oc1ccccc1)C(=O)N1CCN(Cc2nc3c(s2)C(=O)CCC3)CC1. The zero-order valence-electron chi connectivity index (χ0n) is 16.1. The lowest BCUT2D eigenvalue weighted by molar-refractivity contribution is -0.139. The topological polar surface area (TPSA) is 62.7 Å². The molecule has 2 aromatic rings. The lowest BCUT2D eigenvalue weighted by atomic mass is 10.0. The minimum Gasteiger partial charge on any atom is -0.481 e. The highest BCUT2D eigenvalue weighted by atomic mass is 32.1. The maximum absolute atomic E-state index is 12.7. The van der Waals surface area contributed by atoms with E-state index in [0.717, 1.165) is 48.1 Å². The van der Waals surface area contributed by atoms with Gasteiger partial charge in [0, 0.05) is 32.6 Å². The van der Waals surface area contributed by atoms with E-state index in [-0.39, 0.29) is 11.7 Å². The second kappa shape index (κ2) is 8.41. The van der Waals surface area contributed by atoms with Gasteiger partial charge < -0.3 is 9.64 Å². The number of ketones is 1. The number of hydrogen-bond donors (Lipinski definition) is 0. The molecule has 1 aromatic carbocycles. The number of amides is 1. The van der Waals surface area contributed by atoms with Crippen molar-refractivity contribution in [1.82, 2.24) is 14.8 Å². The monoisotopic (exact) mass is 399 g/mol. The molecule has 1 aliphatic heterocycles. The Balaban J connectivity index is 1.28. The lowest BCUT2D eigenvalue weighted by Crippen LogP contribution is -2.51. The van der Waals surface area contributed by atoms with Crippen LogP contribution in [0.4, 0.5) is 0 Å². The Hall–Kier alpha value is -2.25. The summed E-state index contributed by atoms with van der Waals surface area (Å²) in [7, 11) is 0. The largest absolute Gasteiger partial charge is 0.481 e. The molecule has 0 saturated carbocycles. The second-order valence-corrected chi connectivity index (χ2v) is 8.42. The van der Waals surface area contributed by atoms with Crippen LogP contribution in [-0.2, 0) is 17.8 Å². The first-order chi connectivity index (χ1) is 13.6. The fourth-order valence-electron chi connectivity index (χ4n) is 3.71. The number of fused-ring (bicyclic) bond motifs is 1. The lowest BCUT2D eigenvalue weighted by Gasteiger charge is -2.35. The highest BCUT2D eigenvalue weighted by Gasteiger charge is 2.27. The fourth-order valence-corrected chi connectivity index (χ4v) is 4.83. The summed E-state index contributed by atoms with van der Waals surface area (Å²) in [4.78, 5) is 34.4. The summed E-state index contributed by atoms with van der Waals surface area (Å²) >= 11 is 1.55. The molecular formula is C21H25N3O3S. The fraction of sp³-hybridized carbons (Fsp3) is 0.476. The van der Waals surface area contributed by atoms with Gasteiger partial charge in [-0.15, -0.1) is 11.3 Å². The number of ether oxygens (including phenoxy) is 1. The van der Waals surface area contributed by atoms with Crippen LogP contribution in [0.5, 0.6) is 5.75 Å². The quantitative estimate of drug-likeness (QED) is 0.774. The van der Waals surface area contributed by atoms with Gasteiger partial charge in [0.25, 0.3) is 5.91 Å². The van der Waals surface area contributed by atoms with E-state index in [9.17, 15) is 9.59 Å². The Kier molecular flexibility index (Phi) is 5.73. The van der Waals surface area contributed by atoms with Gasteiger partial charge in [-0.25, -0.2) is 4.98 Å². The molecule has 2 aliphatic rings. The first kappa shape index (κ1) is 19.1. The van der Waals surface area contributed by atoms with E-state index in [1.165, 1.54) is 0 Å². The van der Waals surface area contributed by atoms with Gasteiger partial charge in [-0.3, -0.25) is 14.5 Å². The Morgan fingerprint density at radius 1 is 1.18 bits per heavy atom. The Labute approximate surface area is 169 Å². The number of benzene rings is 1. The molecule has 148 valence electrons. The molecule has 0 radical (unpaired) electrons. The molecule has 1 unspecified atom stereocenters. The normalized spacial score (nSPS) is 18.6. The van der Waals surface area contributed by atoms with Crippen molar-refractivity contribution >= 4 is 23.0 Å². The number of aromatic nitrogens is 1. The van der Waals surface area contributed by atoms with Gasteiger partial charge in [0.15, 0.2) is 11.9 Å². The molecule has 1 aliphatic carbocycles. The van der Waals surface area contributed by atoms with Gasteiger partial charge in [0.2, 0.25) is 0 Å². The van der Waals surface area contributed by atoms with Gasteiger partial charge >= 0.3 is 0 Å². The molecule has 1 fully saturated rings. The second-order valence-electron chi connectivity index (χ2n) is 7.33. The van der Waals surface area contributed by atoms with Gasteiger partial charge in [0.05, 0.1) is 17.1 Å². The van der Waals surface area contributed by atoms with E-state index in [4.69, 9.17) is 4.74 Å². The molecule has 0 bridgehead atoms. The minimum absolute atomic E-state index is 0.0267. The van der Waals surface area contributed by atoms with Gasteiger partial charge in [-0.05, 0) is 31.9 Å². The van der Waals surface area contributed by atoms with Gasteiger partial charge in [-0.1, -0.05) is 18.2 Å². The van der Waals surface area contributed by atoms with Crippen LogP contribution in [0.15, 0.2) is 30.3 Å². The Bertz CT molecular complexity index is 844. The maximum atomic E-state index is 12.7. The van der Waals surface area contributed by atoms with Crippen LogP contribution in [0.2, 0.25) is 0 Å². The zero-order valence-corrected chi connectivity index (χ0v) is 16.9. The Morgan fingerprint density at radius 3 is 2.64 bits per heavy atom. The van der Waals surface area contributed by atoms with E-state index in [2.05, 4.69) is 9.88 Å². The van der Waals surface area contributed by atoms with Crippen molar-refractivity contribution in [2.24, 2.45) is 0 Å². The molecule has 1 saturated heterocycles. The third kappa shape index (κ3) is 4.25. The van der Waals surface area contributed by atoms with E-state index >= 15 is 0 Å². The number of carbonyl (C=O) groups is 2. The van der Waals surface area contributed by atoms with Crippen molar-refractivity contribution in [2.75, 3.05) is 26.2 Å². The van der Waals surface area contributed by atoms with Gasteiger partial charge in [-0.2, -0.15) is 0 Å². The van der Waals surface area contributed by atoms with Crippen LogP contribution in [0.1, 0.15) is 40.1 Å². The summed E-state index contributed by atoms with van der Waals surface area (Å²) in [6.45, 7) is 5.54. The van der Waals surface area contributed by atoms with Crippen molar-refractivity contribution in [1.29, 1.82) is 0 Å². The molecule has 2 heterocycles. The first-order valence-corrected chi connectivity index (χ1v) is 10.7. The molecule has 0 N–H and O–H groups in total. The number of piperazine rings is 1.